The maximum Gasteiger partial charge on any atom is 0.439 e. The Kier molecular flexibility index (Phi) is 8.32. The van der Waals surface area contributed by atoms with Gasteiger partial charge in [0.2, 0.25) is 10.0 Å². The van der Waals surface area contributed by atoms with E-state index in [9.17, 15) is 13.2 Å². The average molecular weight is 568 g/mol. The highest BCUT2D eigenvalue weighted by Gasteiger charge is 2.33. The lowest BCUT2D eigenvalue weighted by molar-refractivity contribution is 0.0988. The number of para-hydroxylation sites is 1. The number of sulfonamides is 1. The minimum absolute atomic E-state index is 0.258. The molecule has 0 N–H and O–H groups in total. The Morgan fingerprint density at radius 1 is 1.03 bits per heavy atom. The quantitative estimate of drug-likeness (QED) is 0.333. The van der Waals surface area contributed by atoms with Crippen LogP contribution in [0.25, 0.3) is 10.9 Å². The number of piperidine rings is 1. The maximum absolute atomic E-state index is 13.0. The van der Waals surface area contributed by atoms with Crippen LogP contribution in [-0.2, 0) is 27.8 Å². The zero-order chi connectivity index (χ0) is 27.4. The lowest BCUT2D eigenvalue weighted by atomic mass is 10.0. The first kappa shape index (κ1) is 27.3. The molecule has 0 bridgehead atoms. The van der Waals surface area contributed by atoms with Crippen molar-refractivity contribution in [3.05, 3.63) is 99.7 Å². The van der Waals surface area contributed by atoms with Crippen LogP contribution in [0, 0.1) is 0 Å². The second kappa shape index (κ2) is 11.9. The van der Waals surface area contributed by atoms with E-state index in [0.717, 1.165) is 41.5 Å². The first-order chi connectivity index (χ1) is 18.8. The standard InChI is InChI=1S/C21H25ClN2O3S.C8H5NO2/c1-2-16-3-6-20(7-4-16)28(25,26)23-11-9-19(10-12-23)24-15-27-14-17-13-18(22)5-8-21(17)24;10-8-9-7-4-2-1-3-6(7)5-11-8/h3-8,13,19H,2,9-12,14-15H2,1H3;1-5H. The van der Waals surface area contributed by atoms with Gasteiger partial charge in [-0.2, -0.15) is 9.29 Å². The van der Waals surface area contributed by atoms with Crippen molar-refractivity contribution in [3.8, 4) is 0 Å². The molecule has 0 saturated carbocycles. The van der Waals surface area contributed by atoms with Crippen molar-refractivity contribution in [1.82, 2.24) is 9.29 Å². The van der Waals surface area contributed by atoms with E-state index in [-0.39, 0.29) is 6.04 Å². The summed E-state index contributed by atoms with van der Waals surface area (Å²) in [5.74, 6) is -0.552. The molecule has 1 saturated heterocycles. The van der Waals surface area contributed by atoms with Gasteiger partial charge in [-0.1, -0.05) is 42.8 Å². The first-order valence-corrected chi connectivity index (χ1v) is 14.7. The van der Waals surface area contributed by atoms with Gasteiger partial charge in [0.25, 0.3) is 0 Å². The van der Waals surface area contributed by atoms with Gasteiger partial charge in [0.1, 0.15) is 13.0 Å². The van der Waals surface area contributed by atoms with E-state index in [1.54, 1.807) is 22.5 Å². The van der Waals surface area contributed by atoms with Gasteiger partial charge in [0.05, 0.1) is 17.0 Å². The molecule has 2 aliphatic heterocycles. The predicted octanol–water partition coefficient (Wildman–Crippen LogP) is 5.24. The van der Waals surface area contributed by atoms with Gasteiger partial charge < -0.3 is 14.1 Å². The Bertz CT molecular complexity index is 1600. The molecule has 6 rings (SSSR count). The van der Waals surface area contributed by atoms with E-state index in [1.807, 2.05) is 48.5 Å². The molecule has 4 aromatic rings. The molecule has 2 aliphatic rings. The number of halogens is 1. The summed E-state index contributed by atoms with van der Waals surface area (Å²) in [4.78, 5) is 16.9. The van der Waals surface area contributed by atoms with Crippen molar-refractivity contribution < 1.29 is 17.6 Å². The van der Waals surface area contributed by atoms with Gasteiger partial charge in [-0.25, -0.2) is 13.2 Å². The minimum Gasteiger partial charge on any atom is -0.416 e. The fraction of sp³-hybridized carbons (Fsp3) is 0.310. The van der Waals surface area contributed by atoms with Crippen LogP contribution in [0.3, 0.4) is 0 Å². The van der Waals surface area contributed by atoms with Crippen LogP contribution < -0.4 is 10.7 Å². The number of aromatic nitrogens is 1. The molecule has 204 valence electrons. The Balaban J connectivity index is 0.000000233. The number of anilines is 1. The van der Waals surface area contributed by atoms with E-state index in [0.29, 0.717) is 41.9 Å². The normalized spacial score (nSPS) is 16.4. The van der Waals surface area contributed by atoms with Gasteiger partial charge in [-0.15, -0.1) is 0 Å². The van der Waals surface area contributed by atoms with Crippen LogP contribution in [-0.4, -0.2) is 43.6 Å². The fourth-order valence-corrected chi connectivity index (χ4v) is 6.61. The molecule has 3 heterocycles. The monoisotopic (exact) mass is 567 g/mol. The zero-order valence-corrected chi connectivity index (χ0v) is 23.2. The highest BCUT2D eigenvalue weighted by molar-refractivity contribution is 7.89. The summed E-state index contributed by atoms with van der Waals surface area (Å²) in [6.45, 7) is 4.19. The number of aryl methyl sites for hydroxylation is 1. The third-order valence-corrected chi connectivity index (χ3v) is 9.26. The Morgan fingerprint density at radius 3 is 2.51 bits per heavy atom. The molecule has 8 nitrogen and oxygen atoms in total. The van der Waals surface area contributed by atoms with E-state index in [4.69, 9.17) is 16.3 Å². The molecule has 0 spiro atoms. The maximum atomic E-state index is 13.0. The molecule has 0 radical (unpaired) electrons. The Hall–Kier alpha value is -3.24. The molecule has 1 aromatic heterocycles. The molecule has 0 amide bonds. The van der Waals surface area contributed by atoms with Crippen LogP contribution in [0.15, 0.2) is 87.1 Å². The first-order valence-electron chi connectivity index (χ1n) is 12.9. The van der Waals surface area contributed by atoms with E-state index < -0.39 is 15.8 Å². The molecule has 39 heavy (non-hydrogen) atoms. The van der Waals surface area contributed by atoms with Crippen LogP contribution in [0.1, 0.15) is 30.9 Å². The fourth-order valence-electron chi connectivity index (χ4n) is 4.94. The number of ether oxygens (including phenoxy) is 1. The number of fused-ring (bicyclic) bond motifs is 2. The molecular weight excluding hydrogens is 538 g/mol. The highest BCUT2D eigenvalue weighted by atomic mass is 35.5. The van der Waals surface area contributed by atoms with Gasteiger partial charge >= 0.3 is 5.76 Å². The van der Waals surface area contributed by atoms with Crippen molar-refractivity contribution in [1.29, 1.82) is 0 Å². The van der Waals surface area contributed by atoms with Crippen LogP contribution in [0.2, 0.25) is 5.02 Å². The molecule has 3 aromatic carbocycles. The van der Waals surface area contributed by atoms with Gasteiger partial charge in [-0.3, -0.25) is 0 Å². The number of nitrogens with zero attached hydrogens (tertiary/aromatic N) is 3. The predicted molar refractivity (Wildman–Crippen MR) is 151 cm³/mol. The SMILES string of the molecule is CCc1ccc(S(=O)(=O)N2CCC(N3COCc4cc(Cl)ccc43)CC2)cc1.O=c1nc2ccccc2co1. The van der Waals surface area contributed by atoms with E-state index in [1.165, 1.54) is 6.26 Å². The highest BCUT2D eigenvalue weighted by Crippen LogP contribution is 2.33. The number of hydrogen-bond donors (Lipinski definition) is 0. The molecule has 0 unspecified atom stereocenters. The topological polar surface area (TPSA) is 93.0 Å². The summed E-state index contributed by atoms with van der Waals surface area (Å²) >= 11 is 6.11. The zero-order valence-electron chi connectivity index (χ0n) is 21.6. The smallest absolute Gasteiger partial charge is 0.416 e. The molecule has 0 atom stereocenters. The molecule has 1 fully saturated rings. The van der Waals surface area contributed by atoms with Crippen molar-refractivity contribution in [2.24, 2.45) is 0 Å². The van der Waals surface area contributed by atoms with E-state index in [2.05, 4.69) is 21.2 Å². The van der Waals surface area contributed by atoms with E-state index >= 15 is 0 Å². The third kappa shape index (κ3) is 6.17. The van der Waals surface area contributed by atoms with Crippen LogP contribution in [0.4, 0.5) is 5.69 Å². The Morgan fingerprint density at radius 2 is 1.77 bits per heavy atom. The summed E-state index contributed by atoms with van der Waals surface area (Å²) in [7, 11) is -3.44. The summed E-state index contributed by atoms with van der Waals surface area (Å²) in [6, 6.07) is 20.7. The van der Waals surface area contributed by atoms with Crippen LogP contribution >= 0.6 is 11.6 Å². The number of benzene rings is 3. The van der Waals surface area contributed by atoms with Crippen molar-refractivity contribution >= 4 is 38.2 Å². The second-order valence-electron chi connectivity index (χ2n) is 9.53. The van der Waals surface area contributed by atoms with Crippen molar-refractivity contribution in [3.63, 3.8) is 0 Å². The van der Waals surface area contributed by atoms with Crippen LogP contribution in [0.5, 0.6) is 0 Å². The summed E-state index contributed by atoms with van der Waals surface area (Å²) in [6.07, 6.45) is 3.86. The average Bonchev–Trinajstić information content (AvgIpc) is 2.97. The van der Waals surface area contributed by atoms with Gasteiger partial charge in [0.15, 0.2) is 0 Å². The lowest BCUT2D eigenvalue weighted by Gasteiger charge is -2.41. The summed E-state index contributed by atoms with van der Waals surface area (Å²) in [5.41, 5.74) is 4.04. The minimum atomic E-state index is -3.44. The Labute approximate surface area is 232 Å². The number of hydrogen-bond acceptors (Lipinski definition) is 7. The molecule has 0 aliphatic carbocycles. The van der Waals surface area contributed by atoms with Crippen molar-refractivity contribution in [2.75, 3.05) is 24.7 Å². The lowest BCUT2D eigenvalue weighted by Crippen LogP contribution is -2.48. The van der Waals surface area contributed by atoms with Gasteiger partial charge in [0, 0.05) is 40.8 Å². The summed E-state index contributed by atoms with van der Waals surface area (Å²) in [5, 5.41) is 1.55. The largest absolute Gasteiger partial charge is 0.439 e. The third-order valence-electron chi connectivity index (χ3n) is 7.11. The molecule has 10 heteroatoms. The summed E-state index contributed by atoms with van der Waals surface area (Å²) < 4.78 is 37.9. The second-order valence-corrected chi connectivity index (χ2v) is 11.9. The van der Waals surface area contributed by atoms with Crippen molar-refractivity contribution in [2.45, 2.75) is 43.7 Å². The number of rotatable bonds is 4. The van der Waals surface area contributed by atoms with Gasteiger partial charge in [-0.05, 0) is 67.3 Å². The molecular formula is C29H30ClN3O5S.